The number of benzene rings is 1. The first-order valence-electron chi connectivity index (χ1n) is 8.44. The maximum Gasteiger partial charge on any atom is 0.321 e. The Bertz CT molecular complexity index is 808. The van der Waals surface area contributed by atoms with E-state index in [1.54, 1.807) is 19.1 Å². The van der Waals surface area contributed by atoms with Crippen molar-refractivity contribution in [3.63, 3.8) is 0 Å². The van der Waals surface area contributed by atoms with E-state index in [9.17, 15) is 14.4 Å². The lowest BCUT2D eigenvalue weighted by molar-refractivity contribution is -0.119. The monoisotopic (exact) mass is 374 g/mol. The lowest BCUT2D eigenvalue weighted by Crippen LogP contribution is -2.41. The average molecular weight is 374 g/mol. The van der Waals surface area contributed by atoms with Crippen LogP contribution in [-0.2, 0) is 11.2 Å². The summed E-state index contributed by atoms with van der Waals surface area (Å²) in [6, 6.07) is 9.96. The van der Waals surface area contributed by atoms with Gasteiger partial charge in [-0.15, -0.1) is 0 Å². The van der Waals surface area contributed by atoms with E-state index in [1.165, 1.54) is 6.07 Å². The quantitative estimate of drug-likeness (QED) is 0.510. The Morgan fingerprint density at radius 2 is 1.96 bits per heavy atom. The zero-order valence-corrected chi connectivity index (χ0v) is 15.6. The molecule has 138 valence electrons. The standard InChI is InChI=1S/C18H22N4O3S/c1-3-8-13-11-14(23)21-18(20-13)26-15(12-9-6-5-7-10-12)16(24)22-17(25)19-4-2/h5-7,9-11,15H,3-4,8H2,1-2H3,(H,20,21,23)(H2,19,22,24,25)/t15-/m0/s1. The van der Waals surface area contributed by atoms with Crippen molar-refractivity contribution in [1.29, 1.82) is 0 Å². The van der Waals surface area contributed by atoms with Gasteiger partial charge >= 0.3 is 6.03 Å². The number of thioether (sulfide) groups is 1. The highest BCUT2D eigenvalue weighted by Crippen LogP contribution is 2.33. The van der Waals surface area contributed by atoms with E-state index in [1.807, 2.05) is 25.1 Å². The SMILES string of the molecule is CCCc1cc(=O)[nH]c(S[C@H](C(=O)NC(=O)NCC)c2ccccc2)n1. The summed E-state index contributed by atoms with van der Waals surface area (Å²) in [5.74, 6) is -0.476. The van der Waals surface area contributed by atoms with E-state index in [0.717, 1.165) is 18.2 Å². The average Bonchev–Trinajstić information content (AvgIpc) is 2.60. The first-order valence-corrected chi connectivity index (χ1v) is 9.32. The molecule has 0 spiro atoms. The fourth-order valence-electron chi connectivity index (χ4n) is 2.32. The Balaban J connectivity index is 2.29. The smallest absolute Gasteiger partial charge is 0.321 e. The number of hydrogen-bond acceptors (Lipinski definition) is 5. The van der Waals surface area contributed by atoms with Crippen molar-refractivity contribution in [2.45, 2.75) is 37.1 Å². The number of carbonyl (C=O) groups excluding carboxylic acids is 2. The molecule has 2 rings (SSSR count). The number of urea groups is 1. The van der Waals surface area contributed by atoms with E-state index in [-0.39, 0.29) is 5.56 Å². The number of imide groups is 1. The van der Waals surface area contributed by atoms with Crippen LogP contribution in [0.4, 0.5) is 4.79 Å². The highest BCUT2D eigenvalue weighted by Gasteiger charge is 2.24. The van der Waals surface area contributed by atoms with Crippen molar-refractivity contribution in [2.75, 3.05) is 6.54 Å². The van der Waals surface area contributed by atoms with Gasteiger partial charge in [0.25, 0.3) is 5.56 Å². The van der Waals surface area contributed by atoms with Crippen molar-refractivity contribution in [1.82, 2.24) is 20.6 Å². The Morgan fingerprint density at radius 1 is 1.23 bits per heavy atom. The zero-order valence-electron chi connectivity index (χ0n) is 14.7. The van der Waals surface area contributed by atoms with Crippen LogP contribution in [-0.4, -0.2) is 28.5 Å². The molecule has 8 heteroatoms. The third kappa shape index (κ3) is 5.73. The van der Waals surface area contributed by atoms with Gasteiger partial charge in [0.05, 0.1) is 0 Å². The van der Waals surface area contributed by atoms with Crippen LogP contribution in [0.1, 0.15) is 36.8 Å². The molecule has 0 saturated carbocycles. The molecule has 1 heterocycles. The van der Waals surface area contributed by atoms with E-state index in [2.05, 4.69) is 20.6 Å². The molecule has 7 nitrogen and oxygen atoms in total. The molecule has 26 heavy (non-hydrogen) atoms. The first-order chi connectivity index (χ1) is 12.5. The molecule has 1 aromatic heterocycles. The molecule has 0 unspecified atom stereocenters. The van der Waals surface area contributed by atoms with Crippen LogP contribution in [0.2, 0.25) is 0 Å². The second kappa shape index (κ2) is 9.76. The topological polar surface area (TPSA) is 104 Å². The summed E-state index contributed by atoms with van der Waals surface area (Å²) in [6.07, 6.45) is 1.54. The fraction of sp³-hybridized carbons (Fsp3) is 0.333. The highest BCUT2D eigenvalue weighted by atomic mass is 32.2. The number of rotatable bonds is 7. The lowest BCUT2D eigenvalue weighted by atomic mass is 10.1. The summed E-state index contributed by atoms with van der Waals surface area (Å²) in [4.78, 5) is 43.3. The molecule has 0 saturated heterocycles. The van der Waals surface area contributed by atoms with Crippen molar-refractivity contribution < 1.29 is 9.59 Å². The number of aryl methyl sites for hydroxylation is 1. The second-order valence-corrected chi connectivity index (χ2v) is 6.64. The van der Waals surface area contributed by atoms with Crippen LogP contribution >= 0.6 is 11.8 Å². The summed E-state index contributed by atoms with van der Waals surface area (Å²) < 4.78 is 0. The summed E-state index contributed by atoms with van der Waals surface area (Å²) in [7, 11) is 0. The molecular formula is C18H22N4O3S. The number of H-pyrrole nitrogens is 1. The van der Waals surface area contributed by atoms with Gasteiger partial charge in [-0.2, -0.15) is 0 Å². The predicted octanol–water partition coefficient (Wildman–Crippen LogP) is 2.40. The van der Waals surface area contributed by atoms with Crippen LogP contribution in [0.5, 0.6) is 0 Å². The maximum absolute atomic E-state index is 12.6. The molecule has 1 atom stereocenters. The summed E-state index contributed by atoms with van der Waals surface area (Å²) in [6.45, 7) is 4.18. The Hall–Kier alpha value is -2.61. The van der Waals surface area contributed by atoms with Crippen molar-refractivity contribution >= 4 is 23.7 Å². The minimum Gasteiger partial charge on any atom is -0.338 e. The molecule has 1 aromatic carbocycles. The Morgan fingerprint density at radius 3 is 2.62 bits per heavy atom. The first kappa shape index (κ1) is 19.7. The van der Waals surface area contributed by atoms with E-state index >= 15 is 0 Å². The maximum atomic E-state index is 12.6. The second-order valence-electron chi connectivity index (χ2n) is 5.55. The number of nitrogens with one attached hydrogen (secondary N) is 3. The van der Waals surface area contributed by atoms with Gasteiger partial charge in [0.2, 0.25) is 5.91 Å². The third-order valence-corrected chi connectivity index (χ3v) is 4.56. The normalized spacial score (nSPS) is 11.6. The molecule has 0 aliphatic carbocycles. The highest BCUT2D eigenvalue weighted by molar-refractivity contribution is 8.00. The molecule has 0 radical (unpaired) electrons. The van der Waals surface area contributed by atoms with Crippen molar-refractivity contribution in [3.8, 4) is 0 Å². The van der Waals surface area contributed by atoms with Gasteiger partial charge in [-0.05, 0) is 18.9 Å². The zero-order chi connectivity index (χ0) is 18.9. The summed E-state index contributed by atoms with van der Waals surface area (Å²) in [5.41, 5.74) is 1.12. The molecule has 0 aliphatic heterocycles. The molecule has 3 amide bonds. The largest absolute Gasteiger partial charge is 0.338 e. The minimum absolute atomic E-state index is 0.262. The number of nitrogens with zero attached hydrogens (tertiary/aromatic N) is 1. The number of aromatic nitrogens is 2. The van der Waals surface area contributed by atoms with Gasteiger partial charge in [0, 0.05) is 18.3 Å². The van der Waals surface area contributed by atoms with Crippen molar-refractivity contribution in [2.24, 2.45) is 0 Å². The fourth-order valence-corrected chi connectivity index (χ4v) is 3.33. The summed E-state index contributed by atoms with van der Waals surface area (Å²) in [5, 5.41) is 4.48. The number of amides is 3. The molecular weight excluding hydrogens is 352 g/mol. The number of carbonyl (C=O) groups is 2. The molecule has 0 bridgehead atoms. The van der Waals surface area contributed by atoms with Crippen LogP contribution < -0.4 is 16.2 Å². The molecule has 3 N–H and O–H groups in total. The lowest BCUT2D eigenvalue weighted by Gasteiger charge is -2.16. The van der Waals surface area contributed by atoms with Gasteiger partial charge in [-0.3, -0.25) is 14.9 Å². The molecule has 0 aliphatic rings. The van der Waals surface area contributed by atoms with Crippen LogP contribution in [0.15, 0.2) is 46.3 Å². The molecule has 2 aromatic rings. The van der Waals surface area contributed by atoms with Gasteiger partial charge in [0.1, 0.15) is 5.25 Å². The van der Waals surface area contributed by atoms with Gasteiger partial charge < -0.3 is 10.3 Å². The van der Waals surface area contributed by atoms with Crippen LogP contribution in [0.25, 0.3) is 0 Å². The van der Waals surface area contributed by atoms with Crippen molar-refractivity contribution in [3.05, 3.63) is 58.0 Å². The van der Waals surface area contributed by atoms with E-state index < -0.39 is 17.2 Å². The third-order valence-electron chi connectivity index (χ3n) is 3.42. The van der Waals surface area contributed by atoms with Gasteiger partial charge in [-0.1, -0.05) is 55.4 Å². The Kier molecular flexibility index (Phi) is 7.40. The van der Waals surface area contributed by atoms with Gasteiger partial charge in [-0.25, -0.2) is 9.78 Å². The Labute approximate surface area is 156 Å². The number of aromatic amines is 1. The van der Waals surface area contributed by atoms with Crippen LogP contribution in [0, 0.1) is 0 Å². The molecule has 0 fully saturated rings. The predicted molar refractivity (Wildman–Crippen MR) is 101 cm³/mol. The van der Waals surface area contributed by atoms with E-state index in [0.29, 0.717) is 29.4 Å². The van der Waals surface area contributed by atoms with Crippen LogP contribution in [0.3, 0.4) is 0 Å². The summed E-state index contributed by atoms with van der Waals surface area (Å²) >= 11 is 1.11. The number of hydrogen-bond donors (Lipinski definition) is 3. The van der Waals surface area contributed by atoms with Gasteiger partial charge in [0.15, 0.2) is 5.16 Å². The van der Waals surface area contributed by atoms with E-state index in [4.69, 9.17) is 0 Å². The minimum atomic E-state index is -0.723.